The molecule has 2 atom stereocenters. The van der Waals surface area contributed by atoms with Crippen molar-refractivity contribution in [3.63, 3.8) is 0 Å². The lowest BCUT2D eigenvalue weighted by atomic mass is 9.74. The van der Waals surface area contributed by atoms with Crippen molar-refractivity contribution in [1.82, 2.24) is 10.1 Å². The zero-order valence-corrected chi connectivity index (χ0v) is 11.2. The minimum atomic E-state index is -0.886. The van der Waals surface area contributed by atoms with Crippen LogP contribution in [0, 0.1) is 18.3 Å². The molecule has 0 unspecified atom stereocenters. The first-order valence-electron chi connectivity index (χ1n) is 6.57. The van der Waals surface area contributed by atoms with Gasteiger partial charge in [0.15, 0.2) is 0 Å². The van der Waals surface area contributed by atoms with E-state index in [1.807, 2.05) is 0 Å². The number of hydrogen-bond acceptors (Lipinski definition) is 5. The number of carboxylic acids is 1. The van der Waals surface area contributed by atoms with E-state index in [-0.39, 0.29) is 24.1 Å². The molecule has 7 heteroatoms. The maximum atomic E-state index is 12.3. The van der Waals surface area contributed by atoms with E-state index in [2.05, 4.69) is 5.16 Å². The topological polar surface area (TPSA) is 92.9 Å². The molecule has 2 saturated heterocycles. The zero-order chi connectivity index (χ0) is 14.3. The maximum Gasteiger partial charge on any atom is 0.311 e. The summed E-state index contributed by atoms with van der Waals surface area (Å²) in [5.41, 5.74) is -0.260. The third-order valence-electron chi connectivity index (χ3n) is 4.26. The molecule has 1 N–H and O–H groups in total. The molecule has 0 radical (unpaired) electrons. The molecule has 3 heterocycles. The van der Waals surface area contributed by atoms with Crippen molar-refractivity contribution in [3.05, 3.63) is 17.5 Å². The number of aliphatic carboxylic acids is 1. The summed E-state index contributed by atoms with van der Waals surface area (Å²) in [6.07, 6.45) is 0.437. The third-order valence-corrected chi connectivity index (χ3v) is 4.26. The quantitative estimate of drug-likeness (QED) is 0.850. The smallest absolute Gasteiger partial charge is 0.311 e. The summed E-state index contributed by atoms with van der Waals surface area (Å²) >= 11 is 0. The molecule has 7 nitrogen and oxygen atoms in total. The number of ether oxygens (including phenoxy) is 1. The van der Waals surface area contributed by atoms with Gasteiger partial charge in [0.2, 0.25) is 5.76 Å². The molecule has 0 aliphatic carbocycles. The number of carbonyl (C=O) groups excluding carboxylic acids is 1. The Balaban J connectivity index is 1.84. The lowest BCUT2D eigenvalue weighted by molar-refractivity contribution is -0.157. The molecule has 1 amide bonds. The van der Waals surface area contributed by atoms with E-state index in [1.54, 1.807) is 13.0 Å². The van der Waals surface area contributed by atoms with Gasteiger partial charge in [-0.1, -0.05) is 5.16 Å². The second kappa shape index (κ2) is 4.59. The number of aromatic nitrogens is 1. The summed E-state index contributed by atoms with van der Waals surface area (Å²) < 4.78 is 10.3. The van der Waals surface area contributed by atoms with E-state index < -0.39 is 11.4 Å². The van der Waals surface area contributed by atoms with Crippen molar-refractivity contribution in [1.29, 1.82) is 0 Å². The van der Waals surface area contributed by atoms with E-state index in [1.165, 1.54) is 4.90 Å². The fourth-order valence-electron chi connectivity index (χ4n) is 3.07. The minimum absolute atomic E-state index is 0.155. The fraction of sp³-hybridized carbons (Fsp3) is 0.615. The van der Waals surface area contributed by atoms with Gasteiger partial charge < -0.3 is 19.3 Å². The highest BCUT2D eigenvalue weighted by Crippen LogP contribution is 2.42. The van der Waals surface area contributed by atoms with Gasteiger partial charge in [-0.3, -0.25) is 9.59 Å². The van der Waals surface area contributed by atoms with Crippen LogP contribution >= 0.6 is 0 Å². The van der Waals surface area contributed by atoms with Gasteiger partial charge >= 0.3 is 5.97 Å². The Hall–Kier alpha value is -1.89. The molecular weight excluding hydrogens is 264 g/mol. The number of carbonyl (C=O) groups is 2. The Morgan fingerprint density at radius 2 is 2.35 bits per heavy atom. The minimum Gasteiger partial charge on any atom is -0.481 e. The number of likely N-dealkylation sites (tertiary alicyclic amines) is 1. The summed E-state index contributed by atoms with van der Waals surface area (Å²) in [5, 5.41) is 13.2. The number of nitrogens with zero attached hydrogens (tertiary/aromatic N) is 2. The number of fused-ring (bicyclic) bond motifs is 1. The predicted molar refractivity (Wildman–Crippen MR) is 66.1 cm³/mol. The van der Waals surface area contributed by atoms with E-state index in [4.69, 9.17) is 9.26 Å². The Morgan fingerprint density at radius 1 is 1.55 bits per heavy atom. The van der Waals surface area contributed by atoms with Crippen LogP contribution in [0.1, 0.15) is 22.7 Å². The molecule has 1 aromatic rings. The number of amides is 1. The lowest BCUT2D eigenvalue weighted by Crippen LogP contribution is -2.45. The van der Waals surface area contributed by atoms with Gasteiger partial charge in [0, 0.05) is 31.7 Å². The Morgan fingerprint density at radius 3 is 2.95 bits per heavy atom. The van der Waals surface area contributed by atoms with Crippen molar-refractivity contribution < 1.29 is 24.0 Å². The number of hydrogen-bond donors (Lipinski definition) is 1. The van der Waals surface area contributed by atoms with Crippen LogP contribution in [-0.2, 0) is 9.53 Å². The fourth-order valence-corrected chi connectivity index (χ4v) is 3.07. The summed E-state index contributed by atoms with van der Waals surface area (Å²) in [5.74, 6) is -1.17. The van der Waals surface area contributed by atoms with Gasteiger partial charge in [-0.25, -0.2) is 0 Å². The molecule has 2 fully saturated rings. The highest BCUT2D eigenvalue weighted by molar-refractivity contribution is 5.92. The van der Waals surface area contributed by atoms with Crippen LogP contribution in [0.5, 0.6) is 0 Å². The van der Waals surface area contributed by atoms with Crippen molar-refractivity contribution >= 4 is 11.9 Å². The summed E-state index contributed by atoms with van der Waals surface area (Å²) in [6, 6.07) is 1.56. The second-order valence-electron chi connectivity index (χ2n) is 5.50. The van der Waals surface area contributed by atoms with E-state index >= 15 is 0 Å². The van der Waals surface area contributed by atoms with Crippen LogP contribution < -0.4 is 0 Å². The maximum absolute atomic E-state index is 12.3. The third kappa shape index (κ3) is 1.89. The van der Waals surface area contributed by atoms with Crippen LogP contribution in [0.15, 0.2) is 10.6 Å². The monoisotopic (exact) mass is 280 g/mol. The molecule has 3 rings (SSSR count). The van der Waals surface area contributed by atoms with E-state index in [0.717, 1.165) is 0 Å². The first-order chi connectivity index (χ1) is 9.53. The molecule has 2 aliphatic heterocycles. The molecule has 20 heavy (non-hydrogen) atoms. The number of rotatable bonds is 2. The molecule has 1 aromatic heterocycles. The van der Waals surface area contributed by atoms with Crippen LogP contribution in [0.4, 0.5) is 0 Å². The van der Waals surface area contributed by atoms with Crippen molar-refractivity contribution in [2.75, 3.05) is 26.3 Å². The second-order valence-corrected chi connectivity index (χ2v) is 5.50. The normalized spacial score (nSPS) is 29.2. The molecule has 2 aliphatic rings. The number of aryl methyl sites for hydroxylation is 1. The van der Waals surface area contributed by atoms with Gasteiger partial charge in [0.1, 0.15) is 0 Å². The highest BCUT2D eigenvalue weighted by atomic mass is 16.5. The molecule has 0 bridgehead atoms. The van der Waals surface area contributed by atoms with Crippen molar-refractivity contribution in [2.24, 2.45) is 11.3 Å². The Bertz CT molecular complexity index is 555. The molecule has 0 aromatic carbocycles. The SMILES string of the molecule is Cc1cc(C(=O)N2C[C@H]3COCC[C@@]3(C(=O)O)C2)on1. The average Bonchev–Trinajstić information content (AvgIpc) is 3.02. The first kappa shape index (κ1) is 13.1. The molecule has 0 saturated carbocycles. The largest absolute Gasteiger partial charge is 0.481 e. The summed E-state index contributed by atoms with van der Waals surface area (Å²) in [7, 11) is 0. The summed E-state index contributed by atoms with van der Waals surface area (Å²) in [4.78, 5) is 25.5. The highest BCUT2D eigenvalue weighted by Gasteiger charge is 2.55. The Labute approximate surface area is 115 Å². The molecule has 0 spiro atoms. The van der Waals surface area contributed by atoms with Gasteiger partial charge in [-0.05, 0) is 13.3 Å². The van der Waals surface area contributed by atoms with Crippen LogP contribution in [0.25, 0.3) is 0 Å². The van der Waals surface area contributed by atoms with E-state index in [0.29, 0.717) is 31.9 Å². The van der Waals surface area contributed by atoms with Gasteiger partial charge in [-0.2, -0.15) is 0 Å². The molecular formula is C13H16N2O5. The van der Waals surface area contributed by atoms with Crippen LogP contribution in [0.3, 0.4) is 0 Å². The summed E-state index contributed by atoms with van der Waals surface area (Å²) in [6.45, 7) is 3.12. The molecule has 108 valence electrons. The number of carboxylic acid groups (broad SMARTS) is 1. The Kier molecular flexibility index (Phi) is 3.01. The van der Waals surface area contributed by atoms with Gasteiger partial charge in [0.25, 0.3) is 5.91 Å². The van der Waals surface area contributed by atoms with Crippen molar-refractivity contribution in [2.45, 2.75) is 13.3 Å². The average molecular weight is 280 g/mol. The van der Waals surface area contributed by atoms with E-state index in [9.17, 15) is 14.7 Å². The standard InChI is InChI=1S/C13H16N2O5/c1-8-4-10(20-14-8)11(16)15-5-9-6-19-3-2-13(9,7-15)12(17)18/h4,9H,2-3,5-7H2,1H3,(H,17,18)/t9-,13+/m0/s1. The van der Waals surface area contributed by atoms with Crippen molar-refractivity contribution in [3.8, 4) is 0 Å². The lowest BCUT2D eigenvalue weighted by Gasteiger charge is -2.33. The van der Waals surface area contributed by atoms with Gasteiger partial charge in [0.05, 0.1) is 17.7 Å². The predicted octanol–water partition coefficient (Wildman–Crippen LogP) is 0.546. The van der Waals surface area contributed by atoms with Crippen LogP contribution in [-0.4, -0.2) is 53.3 Å². The van der Waals surface area contributed by atoms with Gasteiger partial charge in [-0.15, -0.1) is 0 Å². The zero-order valence-electron chi connectivity index (χ0n) is 11.2. The first-order valence-corrected chi connectivity index (χ1v) is 6.57. The van der Waals surface area contributed by atoms with Crippen LogP contribution in [0.2, 0.25) is 0 Å².